The third kappa shape index (κ3) is 18.8. The van der Waals surface area contributed by atoms with Crippen LogP contribution in [0.5, 0.6) is 0 Å². The van der Waals surface area contributed by atoms with Gasteiger partial charge in [0.1, 0.15) is 13.2 Å². The highest BCUT2D eigenvalue weighted by atomic mass is 16.8. The van der Waals surface area contributed by atoms with Crippen molar-refractivity contribution in [3.63, 3.8) is 0 Å². The second-order valence-electron chi connectivity index (χ2n) is 3.61. The molecule has 7 heteroatoms. The summed E-state index contributed by atoms with van der Waals surface area (Å²) in [5.41, 5.74) is 0. The Hall–Kier alpha value is -1.78. The lowest BCUT2D eigenvalue weighted by Crippen LogP contribution is -2.20. The first-order valence-electron chi connectivity index (χ1n) is 5.60. The van der Waals surface area contributed by atoms with Crippen molar-refractivity contribution in [2.24, 2.45) is 0 Å². The summed E-state index contributed by atoms with van der Waals surface area (Å²) < 4.78 is 13.2. The minimum absolute atomic E-state index is 0.166. The van der Waals surface area contributed by atoms with Gasteiger partial charge < -0.3 is 24.4 Å². The van der Waals surface area contributed by atoms with Crippen LogP contribution in [0.4, 0.5) is 9.59 Å². The Kier molecular flexibility index (Phi) is 13.0. The summed E-state index contributed by atoms with van der Waals surface area (Å²) in [7, 11) is 0. The van der Waals surface area contributed by atoms with Gasteiger partial charge in [-0.05, 0) is 27.7 Å². The van der Waals surface area contributed by atoms with Crippen molar-refractivity contribution in [2.75, 3.05) is 13.2 Å². The molecule has 0 unspecified atom stereocenters. The summed E-state index contributed by atoms with van der Waals surface area (Å²) in [6, 6.07) is 0. The molecule has 0 fully saturated rings. The predicted molar refractivity (Wildman–Crippen MR) is 66.3 cm³/mol. The number of rotatable bonds is 2. The lowest BCUT2D eigenvalue weighted by atomic mass is 10.5. The first-order valence-corrected chi connectivity index (χ1v) is 5.60. The van der Waals surface area contributed by atoms with Crippen molar-refractivity contribution >= 4 is 12.3 Å². The van der Waals surface area contributed by atoms with Crippen LogP contribution < -0.4 is 0 Å². The number of hydrogen-bond donors (Lipinski definition) is 2. The number of carbonyl (C=O) groups excluding carboxylic acids is 2. The van der Waals surface area contributed by atoms with E-state index < -0.39 is 12.3 Å². The molecule has 0 heterocycles. The first-order chi connectivity index (χ1) is 8.83. The highest BCUT2D eigenvalue weighted by molar-refractivity contribution is 5.76. The van der Waals surface area contributed by atoms with E-state index in [4.69, 9.17) is 10.2 Å². The largest absolute Gasteiger partial charge is 0.518 e. The Labute approximate surface area is 112 Å². The van der Waals surface area contributed by atoms with Crippen molar-refractivity contribution < 1.29 is 34.0 Å². The van der Waals surface area contributed by atoms with Crippen molar-refractivity contribution in [3.8, 4) is 11.8 Å². The van der Waals surface area contributed by atoms with Gasteiger partial charge in [-0.1, -0.05) is 11.8 Å². The summed E-state index contributed by atoms with van der Waals surface area (Å²) in [5.74, 6) is 4.51. The molecule has 0 aromatic rings. The molecule has 0 aliphatic rings. The van der Waals surface area contributed by atoms with Crippen LogP contribution in [-0.2, 0) is 14.2 Å². The average molecular weight is 276 g/mol. The van der Waals surface area contributed by atoms with E-state index in [9.17, 15) is 9.59 Å². The van der Waals surface area contributed by atoms with Crippen LogP contribution >= 0.6 is 0 Å². The third-order valence-electron chi connectivity index (χ3n) is 1.11. The van der Waals surface area contributed by atoms with Crippen LogP contribution in [0.3, 0.4) is 0 Å². The standard InChI is InChI=1S/C8H14O5.C4H6O2/c1-5(2)11-7(9)13-8(10)12-6(3)4;5-3-1-2-4-6/h5-6H,1-4H3;5-6H,3-4H2. The zero-order valence-electron chi connectivity index (χ0n) is 11.5. The normalized spacial score (nSPS) is 8.84. The van der Waals surface area contributed by atoms with Gasteiger partial charge in [-0.2, -0.15) is 0 Å². The maximum atomic E-state index is 10.7. The van der Waals surface area contributed by atoms with Gasteiger partial charge in [0.15, 0.2) is 0 Å². The van der Waals surface area contributed by atoms with Crippen molar-refractivity contribution in [3.05, 3.63) is 0 Å². The molecule has 0 saturated heterocycles. The van der Waals surface area contributed by atoms with Gasteiger partial charge in [-0.15, -0.1) is 0 Å². The van der Waals surface area contributed by atoms with Gasteiger partial charge in [0.05, 0.1) is 12.2 Å². The third-order valence-corrected chi connectivity index (χ3v) is 1.11. The highest BCUT2D eigenvalue weighted by Gasteiger charge is 2.15. The van der Waals surface area contributed by atoms with E-state index in [1.54, 1.807) is 27.7 Å². The quantitative estimate of drug-likeness (QED) is 0.441. The average Bonchev–Trinajstić information content (AvgIpc) is 2.24. The second-order valence-corrected chi connectivity index (χ2v) is 3.61. The maximum Gasteiger partial charge on any atom is 0.518 e. The van der Waals surface area contributed by atoms with Gasteiger partial charge in [0, 0.05) is 0 Å². The van der Waals surface area contributed by atoms with Crippen molar-refractivity contribution in [1.29, 1.82) is 0 Å². The van der Waals surface area contributed by atoms with E-state index in [-0.39, 0.29) is 25.4 Å². The van der Waals surface area contributed by atoms with E-state index in [0.717, 1.165) is 0 Å². The molecule has 0 amide bonds. The van der Waals surface area contributed by atoms with Crippen LogP contribution in [-0.4, -0.2) is 47.9 Å². The molecular weight excluding hydrogens is 256 g/mol. The summed E-state index contributed by atoms with van der Waals surface area (Å²) in [6.07, 6.45) is -2.72. The van der Waals surface area contributed by atoms with Crippen LogP contribution in [0.2, 0.25) is 0 Å². The number of aliphatic hydroxyl groups is 2. The van der Waals surface area contributed by atoms with Gasteiger partial charge >= 0.3 is 12.3 Å². The Morgan fingerprint density at radius 1 is 0.895 bits per heavy atom. The fraction of sp³-hybridized carbons (Fsp3) is 0.667. The molecule has 0 aromatic carbocycles. The van der Waals surface area contributed by atoms with E-state index in [0.29, 0.717) is 0 Å². The van der Waals surface area contributed by atoms with E-state index in [1.807, 2.05) is 0 Å². The van der Waals surface area contributed by atoms with E-state index in [2.05, 4.69) is 26.1 Å². The fourth-order valence-corrected chi connectivity index (χ4v) is 0.613. The zero-order chi connectivity index (χ0) is 15.3. The molecule has 0 atom stereocenters. The van der Waals surface area contributed by atoms with Gasteiger partial charge in [-0.3, -0.25) is 0 Å². The molecule has 2 N–H and O–H groups in total. The molecule has 0 spiro atoms. The van der Waals surface area contributed by atoms with Gasteiger partial charge in [-0.25, -0.2) is 9.59 Å². The fourth-order valence-electron chi connectivity index (χ4n) is 0.613. The Bertz CT molecular complexity index is 284. The molecule has 0 aliphatic carbocycles. The van der Waals surface area contributed by atoms with E-state index in [1.165, 1.54) is 0 Å². The summed E-state index contributed by atoms with van der Waals surface area (Å²) in [4.78, 5) is 21.4. The van der Waals surface area contributed by atoms with Gasteiger partial charge in [0.2, 0.25) is 0 Å². The molecule has 0 rings (SSSR count). The number of ether oxygens (including phenoxy) is 3. The Morgan fingerprint density at radius 3 is 1.42 bits per heavy atom. The maximum absolute atomic E-state index is 10.7. The van der Waals surface area contributed by atoms with E-state index >= 15 is 0 Å². The topological polar surface area (TPSA) is 102 Å². The molecule has 0 bridgehead atoms. The minimum Gasteiger partial charge on any atom is -0.431 e. The predicted octanol–water partition coefficient (Wildman–Crippen LogP) is 1.07. The van der Waals surface area contributed by atoms with Gasteiger partial charge in [0.25, 0.3) is 0 Å². The molecule has 0 saturated carbocycles. The summed E-state index contributed by atoms with van der Waals surface area (Å²) in [5, 5.41) is 15.8. The summed E-state index contributed by atoms with van der Waals surface area (Å²) in [6.45, 7) is 6.26. The molecule has 19 heavy (non-hydrogen) atoms. The molecule has 0 radical (unpaired) electrons. The number of hydrogen-bond acceptors (Lipinski definition) is 7. The zero-order valence-corrected chi connectivity index (χ0v) is 11.5. The van der Waals surface area contributed by atoms with Crippen molar-refractivity contribution in [2.45, 2.75) is 39.9 Å². The first kappa shape index (κ1) is 19.6. The molecule has 110 valence electrons. The lowest BCUT2D eigenvalue weighted by Gasteiger charge is -2.08. The molecular formula is C12H20O7. The van der Waals surface area contributed by atoms with Crippen LogP contribution in [0.1, 0.15) is 27.7 Å². The molecule has 0 aliphatic heterocycles. The highest BCUT2D eigenvalue weighted by Crippen LogP contribution is 1.97. The summed E-state index contributed by atoms with van der Waals surface area (Å²) >= 11 is 0. The Balaban J connectivity index is 0. The van der Waals surface area contributed by atoms with Crippen LogP contribution in [0, 0.1) is 11.8 Å². The molecule has 0 aromatic heterocycles. The van der Waals surface area contributed by atoms with Crippen LogP contribution in [0.25, 0.3) is 0 Å². The molecule has 7 nitrogen and oxygen atoms in total. The second kappa shape index (κ2) is 12.7. The minimum atomic E-state index is -1.04. The van der Waals surface area contributed by atoms with Crippen LogP contribution in [0.15, 0.2) is 0 Å². The SMILES string of the molecule is CC(C)OC(=O)OC(=O)OC(C)C.OCC#CCO. The lowest BCUT2D eigenvalue weighted by molar-refractivity contribution is 0.0138. The van der Waals surface area contributed by atoms with Crippen molar-refractivity contribution in [1.82, 2.24) is 0 Å². The smallest absolute Gasteiger partial charge is 0.431 e. The number of aliphatic hydroxyl groups excluding tert-OH is 2. The Morgan fingerprint density at radius 2 is 1.21 bits per heavy atom. The monoisotopic (exact) mass is 276 g/mol. The number of carbonyl (C=O) groups is 2.